The van der Waals surface area contributed by atoms with Crippen molar-refractivity contribution < 1.29 is 4.39 Å². The van der Waals surface area contributed by atoms with Gasteiger partial charge in [-0.3, -0.25) is 0 Å². The molecular weight excluding hydrogens is 327 g/mol. The number of aromatic nitrogens is 2. The van der Waals surface area contributed by atoms with Gasteiger partial charge in [0, 0.05) is 29.7 Å². The summed E-state index contributed by atoms with van der Waals surface area (Å²) < 4.78 is 13.3. The number of nitrogens with zero attached hydrogens (tertiary/aromatic N) is 2. The predicted octanol–water partition coefficient (Wildman–Crippen LogP) is 4.12. The number of nitrogens with one attached hydrogen (secondary N) is 2. The molecule has 0 radical (unpaired) electrons. The van der Waals surface area contributed by atoms with Crippen molar-refractivity contribution in [2.45, 2.75) is 70.5 Å². The number of anilines is 1. The minimum absolute atomic E-state index is 0.0899. The zero-order valence-electron chi connectivity index (χ0n) is 16.1. The Kier molecular flexibility index (Phi) is 5.28. The standard InChI is InChI=1S/C21H29FN4/c1-20(2)13-17(14-21(3,4)26-20)24-19-10-11-23-18(25-19)9-8-15-6-5-7-16(22)12-15/h5-7,10-12,17,26H,8-9,13-14H2,1-4H3,(H,23,24,25). The lowest BCUT2D eigenvalue weighted by atomic mass is 9.79. The molecule has 0 saturated carbocycles. The Bertz CT molecular complexity index is 741. The third-order valence-corrected chi connectivity index (χ3v) is 4.77. The van der Waals surface area contributed by atoms with Gasteiger partial charge in [-0.15, -0.1) is 0 Å². The van der Waals surface area contributed by atoms with Crippen LogP contribution in [-0.4, -0.2) is 27.1 Å². The van der Waals surface area contributed by atoms with Gasteiger partial charge in [0.2, 0.25) is 0 Å². The van der Waals surface area contributed by atoms with E-state index in [0.717, 1.165) is 36.5 Å². The van der Waals surface area contributed by atoms with Gasteiger partial charge in [-0.25, -0.2) is 14.4 Å². The number of rotatable bonds is 5. The monoisotopic (exact) mass is 356 g/mol. The second-order valence-electron chi connectivity index (χ2n) is 8.63. The average molecular weight is 356 g/mol. The maximum atomic E-state index is 13.3. The van der Waals surface area contributed by atoms with Crippen LogP contribution in [0.1, 0.15) is 51.9 Å². The van der Waals surface area contributed by atoms with E-state index in [4.69, 9.17) is 0 Å². The van der Waals surface area contributed by atoms with Crippen LogP contribution in [0.3, 0.4) is 0 Å². The van der Waals surface area contributed by atoms with Crippen LogP contribution in [0.15, 0.2) is 36.5 Å². The molecule has 1 fully saturated rings. The molecule has 2 N–H and O–H groups in total. The fourth-order valence-corrected chi connectivity index (χ4v) is 4.18. The van der Waals surface area contributed by atoms with E-state index in [1.165, 1.54) is 6.07 Å². The summed E-state index contributed by atoms with van der Waals surface area (Å²) in [7, 11) is 0. The Hall–Kier alpha value is -2.01. The van der Waals surface area contributed by atoms with Gasteiger partial charge in [0.1, 0.15) is 17.5 Å². The molecular formula is C21H29FN4. The SMILES string of the molecule is CC1(C)CC(Nc2ccnc(CCc3cccc(F)c3)n2)CC(C)(C)N1. The van der Waals surface area contributed by atoms with Gasteiger partial charge in [-0.2, -0.15) is 0 Å². The van der Waals surface area contributed by atoms with E-state index in [1.807, 2.05) is 12.1 Å². The van der Waals surface area contributed by atoms with E-state index in [9.17, 15) is 4.39 Å². The van der Waals surface area contributed by atoms with Crippen molar-refractivity contribution in [3.8, 4) is 0 Å². The molecule has 0 spiro atoms. The quantitative estimate of drug-likeness (QED) is 0.846. The van der Waals surface area contributed by atoms with Gasteiger partial charge < -0.3 is 10.6 Å². The molecule has 0 unspecified atom stereocenters. The summed E-state index contributed by atoms with van der Waals surface area (Å²) in [6.07, 6.45) is 5.31. The van der Waals surface area contributed by atoms with Crippen molar-refractivity contribution in [1.82, 2.24) is 15.3 Å². The Morgan fingerprint density at radius 1 is 1.12 bits per heavy atom. The molecule has 1 saturated heterocycles. The summed E-state index contributed by atoms with van der Waals surface area (Å²) in [6, 6.07) is 9.00. The van der Waals surface area contributed by atoms with Crippen LogP contribution in [0, 0.1) is 5.82 Å². The summed E-state index contributed by atoms with van der Waals surface area (Å²) in [5, 5.41) is 7.29. The summed E-state index contributed by atoms with van der Waals surface area (Å²) in [6.45, 7) is 8.97. The normalized spacial score (nSPS) is 19.3. The first-order chi connectivity index (χ1) is 12.2. The highest BCUT2D eigenvalue weighted by Crippen LogP contribution is 2.30. The molecule has 4 nitrogen and oxygen atoms in total. The van der Waals surface area contributed by atoms with Gasteiger partial charge in [0.15, 0.2) is 0 Å². The van der Waals surface area contributed by atoms with Crippen LogP contribution in [0.2, 0.25) is 0 Å². The maximum absolute atomic E-state index is 13.3. The first kappa shape index (κ1) is 18.8. The number of aryl methyl sites for hydroxylation is 2. The summed E-state index contributed by atoms with van der Waals surface area (Å²) in [5.41, 5.74) is 1.15. The van der Waals surface area contributed by atoms with Gasteiger partial charge in [-0.05, 0) is 70.7 Å². The van der Waals surface area contributed by atoms with Crippen LogP contribution in [0.4, 0.5) is 10.2 Å². The number of benzene rings is 1. The smallest absolute Gasteiger partial charge is 0.130 e. The number of piperidine rings is 1. The van der Waals surface area contributed by atoms with Crippen molar-refractivity contribution in [3.05, 3.63) is 53.7 Å². The molecule has 2 aromatic rings. The summed E-state index contributed by atoms with van der Waals surface area (Å²) in [5.74, 6) is 1.45. The molecule has 1 aromatic heterocycles. The molecule has 0 atom stereocenters. The molecule has 1 aliphatic heterocycles. The highest BCUT2D eigenvalue weighted by Gasteiger charge is 2.37. The number of halogens is 1. The second-order valence-corrected chi connectivity index (χ2v) is 8.63. The lowest BCUT2D eigenvalue weighted by molar-refractivity contribution is 0.170. The molecule has 0 amide bonds. The topological polar surface area (TPSA) is 49.8 Å². The van der Waals surface area contributed by atoms with Gasteiger partial charge in [-0.1, -0.05) is 12.1 Å². The van der Waals surface area contributed by atoms with E-state index in [1.54, 1.807) is 18.3 Å². The Balaban J connectivity index is 1.64. The van der Waals surface area contributed by atoms with Crippen LogP contribution in [0.5, 0.6) is 0 Å². The van der Waals surface area contributed by atoms with E-state index in [-0.39, 0.29) is 16.9 Å². The first-order valence-corrected chi connectivity index (χ1v) is 9.33. The Morgan fingerprint density at radius 2 is 1.85 bits per heavy atom. The van der Waals surface area contributed by atoms with E-state index in [0.29, 0.717) is 12.5 Å². The lowest BCUT2D eigenvalue weighted by Crippen LogP contribution is -2.60. The third kappa shape index (κ3) is 5.24. The molecule has 1 aliphatic rings. The average Bonchev–Trinajstić information content (AvgIpc) is 2.50. The predicted molar refractivity (Wildman–Crippen MR) is 104 cm³/mol. The first-order valence-electron chi connectivity index (χ1n) is 9.33. The molecule has 26 heavy (non-hydrogen) atoms. The zero-order chi connectivity index (χ0) is 18.8. The van der Waals surface area contributed by atoms with Crippen molar-refractivity contribution in [3.63, 3.8) is 0 Å². The van der Waals surface area contributed by atoms with E-state index < -0.39 is 0 Å². The van der Waals surface area contributed by atoms with Crippen molar-refractivity contribution in [2.24, 2.45) is 0 Å². The largest absolute Gasteiger partial charge is 0.367 e. The maximum Gasteiger partial charge on any atom is 0.130 e. The Labute approximate surface area is 155 Å². The molecule has 3 rings (SSSR count). The summed E-state index contributed by atoms with van der Waals surface area (Å²) in [4.78, 5) is 9.03. The van der Waals surface area contributed by atoms with E-state index in [2.05, 4.69) is 48.3 Å². The van der Waals surface area contributed by atoms with Crippen LogP contribution < -0.4 is 10.6 Å². The molecule has 1 aromatic carbocycles. The highest BCUT2D eigenvalue weighted by atomic mass is 19.1. The van der Waals surface area contributed by atoms with Crippen molar-refractivity contribution in [2.75, 3.05) is 5.32 Å². The zero-order valence-corrected chi connectivity index (χ0v) is 16.1. The van der Waals surface area contributed by atoms with Gasteiger partial charge in [0.25, 0.3) is 0 Å². The fourth-order valence-electron chi connectivity index (χ4n) is 4.18. The summed E-state index contributed by atoms with van der Waals surface area (Å²) >= 11 is 0. The number of hydrogen-bond donors (Lipinski definition) is 2. The third-order valence-electron chi connectivity index (χ3n) is 4.77. The second kappa shape index (κ2) is 7.31. The minimum Gasteiger partial charge on any atom is -0.367 e. The van der Waals surface area contributed by atoms with Gasteiger partial charge in [0.05, 0.1) is 0 Å². The molecule has 2 heterocycles. The molecule has 0 aliphatic carbocycles. The molecule has 5 heteroatoms. The molecule has 140 valence electrons. The van der Waals surface area contributed by atoms with Crippen LogP contribution in [-0.2, 0) is 12.8 Å². The number of hydrogen-bond acceptors (Lipinski definition) is 4. The van der Waals surface area contributed by atoms with Crippen molar-refractivity contribution >= 4 is 5.82 Å². The van der Waals surface area contributed by atoms with E-state index >= 15 is 0 Å². The van der Waals surface area contributed by atoms with Crippen molar-refractivity contribution in [1.29, 1.82) is 0 Å². The van der Waals surface area contributed by atoms with Crippen LogP contribution >= 0.6 is 0 Å². The molecule has 0 bridgehead atoms. The van der Waals surface area contributed by atoms with Gasteiger partial charge >= 0.3 is 0 Å². The fraction of sp³-hybridized carbons (Fsp3) is 0.524. The Morgan fingerprint density at radius 3 is 2.54 bits per heavy atom. The minimum atomic E-state index is -0.199. The van der Waals surface area contributed by atoms with Crippen LogP contribution in [0.25, 0.3) is 0 Å². The highest BCUT2D eigenvalue weighted by molar-refractivity contribution is 5.35. The lowest BCUT2D eigenvalue weighted by Gasteiger charge is -2.46.